The minimum absolute atomic E-state index is 0.0353. The molecule has 0 spiro atoms. The number of hydrogen-bond donors (Lipinski definition) is 0. The number of nitrogens with zero attached hydrogens (tertiary/aromatic N) is 3. The van der Waals surface area contributed by atoms with Crippen molar-refractivity contribution in [3.8, 4) is 5.75 Å². The Hall–Kier alpha value is -2.34. The van der Waals surface area contributed by atoms with Crippen LogP contribution in [0.2, 0.25) is 0 Å². The number of likely N-dealkylation sites (N-methyl/N-ethyl adjacent to an activating group) is 1. The molecule has 3 aromatic rings. The number of ether oxygens (including phenoxy) is 1. The zero-order valence-electron chi connectivity index (χ0n) is 16.7. The number of amides is 1. The van der Waals surface area contributed by atoms with Crippen LogP contribution in [-0.4, -0.2) is 33.8 Å². The molecule has 6 heteroatoms. The fraction of sp³-hybridized carbons (Fsp3) is 0.429. The van der Waals surface area contributed by atoms with Gasteiger partial charge in [0, 0.05) is 18.1 Å². The second-order valence-electron chi connectivity index (χ2n) is 7.02. The number of benzene rings is 1. The molecule has 27 heavy (non-hydrogen) atoms. The number of aromatic nitrogens is 2. The van der Waals surface area contributed by atoms with Crippen molar-refractivity contribution in [3.63, 3.8) is 0 Å². The number of carbonyl (C=O) groups excluding carboxylic acids is 1. The first kappa shape index (κ1) is 19.4. The van der Waals surface area contributed by atoms with Crippen LogP contribution in [0.5, 0.6) is 5.75 Å². The highest BCUT2D eigenvalue weighted by Crippen LogP contribution is 2.28. The largest absolute Gasteiger partial charge is 0.483 e. The normalized spacial score (nSPS) is 12.3. The van der Waals surface area contributed by atoms with Crippen molar-refractivity contribution in [2.45, 2.75) is 46.6 Å². The number of hydrogen-bond acceptors (Lipinski definition) is 4. The lowest BCUT2D eigenvalue weighted by molar-refractivity contribution is -0.132. The lowest BCUT2D eigenvalue weighted by Gasteiger charge is -2.19. The Morgan fingerprint density at radius 1 is 1.33 bits per heavy atom. The van der Waals surface area contributed by atoms with Gasteiger partial charge in [-0.05, 0) is 37.8 Å². The van der Waals surface area contributed by atoms with Gasteiger partial charge in [-0.2, -0.15) is 0 Å². The molecule has 144 valence electrons. The molecule has 3 rings (SSSR count). The van der Waals surface area contributed by atoms with E-state index in [1.807, 2.05) is 32.2 Å². The molecule has 1 aromatic carbocycles. The van der Waals surface area contributed by atoms with Crippen LogP contribution in [0.25, 0.3) is 4.96 Å². The fourth-order valence-electron chi connectivity index (χ4n) is 3.10. The van der Waals surface area contributed by atoms with Crippen LogP contribution in [0.15, 0.2) is 30.5 Å². The van der Waals surface area contributed by atoms with Crippen LogP contribution in [0.1, 0.15) is 48.0 Å². The van der Waals surface area contributed by atoms with E-state index in [1.54, 1.807) is 16.2 Å². The summed E-state index contributed by atoms with van der Waals surface area (Å²) in [4.78, 5) is 21.1. The summed E-state index contributed by atoms with van der Waals surface area (Å²) in [6.45, 7) is 8.93. The Kier molecular flexibility index (Phi) is 5.85. The number of para-hydroxylation sites is 1. The smallest absolute Gasteiger partial charge is 0.260 e. The predicted octanol–water partition coefficient (Wildman–Crippen LogP) is 4.56. The molecule has 1 atom stereocenters. The molecule has 0 aliphatic heterocycles. The van der Waals surface area contributed by atoms with E-state index in [4.69, 9.17) is 4.74 Å². The summed E-state index contributed by atoms with van der Waals surface area (Å²) in [7, 11) is 1.81. The van der Waals surface area contributed by atoms with Crippen molar-refractivity contribution < 1.29 is 9.53 Å². The predicted molar refractivity (Wildman–Crippen MR) is 110 cm³/mol. The first-order valence-corrected chi connectivity index (χ1v) is 10.1. The molecule has 0 saturated carbocycles. The van der Waals surface area contributed by atoms with Gasteiger partial charge in [-0.3, -0.25) is 9.20 Å². The van der Waals surface area contributed by atoms with E-state index < -0.39 is 0 Å². The van der Waals surface area contributed by atoms with Crippen molar-refractivity contribution >= 4 is 22.2 Å². The third-order valence-electron chi connectivity index (χ3n) is 4.97. The van der Waals surface area contributed by atoms with Gasteiger partial charge < -0.3 is 9.64 Å². The van der Waals surface area contributed by atoms with Crippen LogP contribution in [0.3, 0.4) is 0 Å². The Morgan fingerprint density at radius 2 is 2.07 bits per heavy atom. The topological polar surface area (TPSA) is 46.8 Å². The molecule has 1 unspecified atom stereocenters. The van der Waals surface area contributed by atoms with Crippen LogP contribution >= 0.6 is 11.3 Å². The molecule has 0 bridgehead atoms. The molecular weight excluding hydrogens is 358 g/mol. The number of thiazole rings is 1. The van der Waals surface area contributed by atoms with E-state index in [2.05, 4.69) is 42.4 Å². The number of imidazole rings is 1. The molecule has 0 saturated heterocycles. The van der Waals surface area contributed by atoms with E-state index in [-0.39, 0.29) is 12.5 Å². The molecule has 0 aliphatic rings. The first-order valence-electron chi connectivity index (χ1n) is 9.30. The highest BCUT2D eigenvalue weighted by molar-refractivity contribution is 7.17. The summed E-state index contributed by atoms with van der Waals surface area (Å²) < 4.78 is 7.95. The monoisotopic (exact) mass is 385 g/mol. The molecule has 0 radical (unpaired) electrons. The molecule has 1 amide bonds. The van der Waals surface area contributed by atoms with E-state index in [9.17, 15) is 4.79 Å². The highest BCUT2D eigenvalue weighted by Gasteiger charge is 2.17. The zero-order chi connectivity index (χ0) is 19.6. The summed E-state index contributed by atoms with van der Waals surface area (Å²) >= 11 is 1.66. The van der Waals surface area contributed by atoms with Crippen molar-refractivity contribution in [1.29, 1.82) is 0 Å². The van der Waals surface area contributed by atoms with E-state index in [0.29, 0.717) is 12.5 Å². The quantitative estimate of drug-likeness (QED) is 0.599. The molecule has 5 nitrogen and oxygen atoms in total. The first-order chi connectivity index (χ1) is 12.9. The standard InChI is InChI=1S/C21H27N3O2S/c1-6-14(2)17-9-7-8-10-19(17)26-13-20(25)23(5)12-18-16(4)22-21-24(18)11-15(3)27-21/h7-11,14H,6,12-13H2,1-5H3. The average molecular weight is 386 g/mol. The van der Waals surface area contributed by atoms with Crippen LogP contribution in [0.4, 0.5) is 0 Å². The Bertz CT molecular complexity index is 944. The number of rotatable bonds is 7. The molecular formula is C21H27N3O2S. The van der Waals surface area contributed by atoms with Gasteiger partial charge >= 0.3 is 0 Å². The van der Waals surface area contributed by atoms with Crippen LogP contribution < -0.4 is 4.74 Å². The van der Waals surface area contributed by atoms with Gasteiger partial charge in [-0.25, -0.2) is 4.98 Å². The number of fused-ring (bicyclic) bond motifs is 1. The van der Waals surface area contributed by atoms with Crippen molar-refractivity contribution in [2.75, 3.05) is 13.7 Å². The second-order valence-corrected chi connectivity index (χ2v) is 8.24. The van der Waals surface area contributed by atoms with Gasteiger partial charge in [0.2, 0.25) is 0 Å². The average Bonchev–Trinajstić information content (AvgIpc) is 3.15. The fourth-order valence-corrected chi connectivity index (χ4v) is 3.99. The van der Waals surface area contributed by atoms with Gasteiger partial charge in [-0.1, -0.05) is 32.0 Å². The molecule has 2 aromatic heterocycles. The minimum Gasteiger partial charge on any atom is -0.483 e. The van der Waals surface area contributed by atoms with Gasteiger partial charge in [0.1, 0.15) is 5.75 Å². The Labute approximate surface area is 164 Å². The zero-order valence-corrected chi connectivity index (χ0v) is 17.5. The molecule has 0 aliphatic carbocycles. The Morgan fingerprint density at radius 3 is 2.81 bits per heavy atom. The maximum Gasteiger partial charge on any atom is 0.260 e. The number of carbonyl (C=O) groups is 1. The van der Waals surface area contributed by atoms with E-state index in [1.165, 1.54) is 4.88 Å². The SMILES string of the molecule is CCC(C)c1ccccc1OCC(=O)N(C)Cc1c(C)nc2sc(C)cn12. The number of aryl methyl sites for hydroxylation is 2. The molecule has 0 fully saturated rings. The maximum atomic E-state index is 12.6. The van der Waals surface area contributed by atoms with Gasteiger partial charge in [-0.15, -0.1) is 11.3 Å². The van der Waals surface area contributed by atoms with Gasteiger partial charge in [0.15, 0.2) is 11.6 Å². The summed E-state index contributed by atoms with van der Waals surface area (Å²) in [6, 6.07) is 7.97. The van der Waals surface area contributed by atoms with Crippen LogP contribution in [-0.2, 0) is 11.3 Å². The molecule has 0 N–H and O–H groups in total. The summed E-state index contributed by atoms with van der Waals surface area (Å²) in [6.07, 6.45) is 3.11. The summed E-state index contributed by atoms with van der Waals surface area (Å²) in [5.74, 6) is 1.15. The Balaban J connectivity index is 1.67. The lowest BCUT2D eigenvalue weighted by Crippen LogP contribution is -2.31. The van der Waals surface area contributed by atoms with Gasteiger partial charge in [0.25, 0.3) is 5.91 Å². The van der Waals surface area contributed by atoms with Crippen LogP contribution in [0, 0.1) is 13.8 Å². The third kappa shape index (κ3) is 4.16. The highest BCUT2D eigenvalue weighted by atomic mass is 32.1. The van der Waals surface area contributed by atoms with E-state index in [0.717, 1.165) is 34.1 Å². The molecule has 2 heterocycles. The van der Waals surface area contributed by atoms with Gasteiger partial charge in [0.05, 0.1) is 17.9 Å². The second kappa shape index (κ2) is 8.13. The third-order valence-corrected chi connectivity index (χ3v) is 5.87. The van der Waals surface area contributed by atoms with Crippen molar-refractivity contribution in [1.82, 2.24) is 14.3 Å². The summed E-state index contributed by atoms with van der Waals surface area (Å²) in [5, 5.41) is 0. The summed E-state index contributed by atoms with van der Waals surface area (Å²) in [5.41, 5.74) is 3.16. The van der Waals surface area contributed by atoms with Crippen molar-refractivity contribution in [3.05, 3.63) is 52.3 Å². The minimum atomic E-state index is -0.0461. The maximum absolute atomic E-state index is 12.6. The van der Waals surface area contributed by atoms with E-state index >= 15 is 0 Å². The van der Waals surface area contributed by atoms with Crippen molar-refractivity contribution in [2.24, 2.45) is 0 Å². The lowest BCUT2D eigenvalue weighted by atomic mass is 9.98.